The van der Waals surface area contributed by atoms with Gasteiger partial charge in [-0.05, 0) is 25.0 Å². The third kappa shape index (κ3) is 2.62. The monoisotopic (exact) mass is 338 g/mol. The number of benzene rings is 1. The molecule has 1 amide bonds. The van der Waals surface area contributed by atoms with Crippen molar-refractivity contribution in [2.45, 2.75) is 38.6 Å². The Morgan fingerprint density at radius 1 is 1.32 bits per heavy atom. The summed E-state index contributed by atoms with van der Waals surface area (Å²) in [5.41, 5.74) is 1.75. The summed E-state index contributed by atoms with van der Waals surface area (Å²) in [6.07, 6.45) is 1.82. The van der Waals surface area contributed by atoms with Crippen molar-refractivity contribution in [2.24, 2.45) is 7.05 Å². The molecule has 25 heavy (non-hydrogen) atoms. The number of nitrogens with zero attached hydrogens (tertiary/aromatic N) is 4. The lowest BCUT2D eigenvalue weighted by molar-refractivity contribution is 0.0719. The van der Waals surface area contributed by atoms with Crippen LogP contribution in [0.4, 0.5) is 0 Å². The Bertz CT molecular complexity index is 925. The fourth-order valence-corrected chi connectivity index (χ4v) is 3.54. The molecule has 1 aliphatic rings. The summed E-state index contributed by atoms with van der Waals surface area (Å²) < 4.78 is 7.30. The SMILES string of the molecule is CC(C)c1nc([C@@H]2CCCN2C(=O)c2cc3ccccc3n2C)no1. The van der Waals surface area contributed by atoms with E-state index in [0.29, 0.717) is 17.4 Å². The van der Waals surface area contributed by atoms with Crippen molar-refractivity contribution < 1.29 is 9.32 Å². The first-order valence-corrected chi connectivity index (χ1v) is 8.75. The molecule has 0 N–H and O–H groups in total. The van der Waals surface area contributed by atoms with Crippen molar-refractivity contribution in [3.63, 3.8) is 0 Å². The van der Waals surface area contributed by atoms with Crippen molar-refractivity contribution in [1.29, 1.82) is 0 Å². The summed E-state index contributed by atoms with van der Waals surface area (Å²) in [6.45, 7) is 4.76. The highest BCUT2D eigenvalue weighted by atomic mass is 16.5. The van der Waals surface area contributed by atoms with Gasteiger partial charge in [-0.1, -0.05) is 37.2 Å². The average Bonchev–Trinajstić information content (AvgIpc) is 3.32. The molecule has 1 saturated heterocycles. The lowest BCUT2D eigenvalue weighted by Gasteiger charge is -2.22. The van der Waals surface area contributed by atoms with Gasteiger partial charge in [0.1, 0.15) is 5.69 Å². The number of hydrogen-bond donors (Lipinski definition) is 0. The molecule has 1 aromatic carbocycles. The van der Waals surface area contributed by atoms with Gasteiger partial charge in [0.25, 0.3) is 5.91 Å². The van der Waals surface area contributed by atoms with Crippen LogP contribution in [0.15, 0.2) is 34.9 Å². The van der Waals surface area contributed by atoms with E-state index >= 15 is 0 Å². The summed E-state index contributed by atoms with van der Waals surface area (Å²) in [5, 5.41) is 5.20. The average molecular weight is 338 g/mol. The number of para-hydroxylation sites is 1. The molecule has 0 radical (unpaired) electrons. The van der Waals surface area contributed by atoms with Crippen LogP contribution in [-0.2, 0) is 7.05 Å². The molecular weight excluding hydrogens is 316 g/mol. The Balaban J connectivity index is 1.66. The lowest BCUT2D eigenvalue weighted by Crippen LogP contribution is -2.32. The Labute approximate surface area is 146 Å². The molecule has 1 aliphatic heterocycles. The largest absolute Gasteiger partial charge is 0.340 e. The van der Waals surface area contributed by atoms with Gasteiger partial charge in [-0.2, -0.15) is 4.98 Å². The van der Waals surface area contributed by atoms with Crippen LogP contribution in [0.1, 0.15) is 60.9 Å². The standard InChI is InChI=1S/C19H22N4O2/c1-12(2)18-20-17(21-25-18)15-9-6-10-23(15)19(24)16-11-13-7-4-5-8-14(13)22(16)3/h4-5,7-8,11-12,15H,6,9-10H2,1-3H3/t15-/m0/s1. The quantitative estimate of drug-likeness (QED) is 0.731. The van der Waals surface area contributed by atoms with Gasteiger partial charge in [0.05, 0.1) is 6.04 Å². The molecule has 3 aromatic rings. The van der Waals surface area contributed by atoms with Gasteiger partial charge in [0.2, 0.25) is 5.89 Å². The second-order valence-corrected chi connectivity index (χ2v) is 6.95. The van der Waals surface area contributed by atoms with Crippen molar-refractivity contribution in [1.82, 2.24) is 19.6 Å². The summed E-state index contributed by atoms with van der Waals surface area (Å²) >= 11 is 0. The van der Waals surface area contributed by atoms with Gasteiger partial charge in [-0.15, -0.1) is 0 Å². The van der Waals surface area contributed by atoms with Crippen LogP contribution in [0, 0.1) is 0 Å². The van der Waals surface area contributed by atoms with Crippen molar-refractivity contribution >= 4 is 16.8 Å². The fraction of sp³-hybridized carbons (Fsp3) is 0.421. The number of aryl methyl sites for hydroxylation is 1. The Morgan fingerprint density at radius 3 is 2.84 bits per heavy atom. The molecule has 2 aromatic heterocycles. The molecule has 1 fully saturated rings. The predicted octanol–water partition coefficient (Wildman–Crippen LogP) is 3.66. The van der Waals surface area contributed by atoms with Crippen LogP contribution >= 0.6 is 0 Å². The van der Waals surface area contributed by atoms with E-state index in [0.717, 1.165) is 30.3 Å². The number of fused-ring (bicyclic) bond motifs is 1. The minimum absolute atomic E-state index is 0.0251. The van der Waals surface area contributed by atoms with Crippen LogP contribution in [0.5, 0.6) is 0 Å². The van der Waals surface area contributed by atoms with Crippen LogP contribution in [0.25, 0.3) is 10.9 Å². The molecule has 130 valence electrons. The molecule has 1 atom stereocenters. The van der Waals surface area contributed by atoms with Gasteiger partial charge in [0, 0.05) is 30.4 Å². The Kier molecular flexibility index (Phi) is 3.82. The van der Waals surface area contributed by atoms with Crippen LogP contribution in [-0.4, -0.2) is 32.1 Å². The van der Waals surface area contributed by atoms with Crippen LogP contribution in [0.2, 0.25) is 0 Å². The predicted molar refractivity (Wildman–Crippen MR) is 94.3 cm³/mol. The summed E-state index contributed by atoms with van der Waals surface area (Å²) in [5.74, 6) is 1.45. The minimum Gasteiger partial charge on any atom is -0.340 e. The van der Waals surface area contributed by atoms with Gasteiger partial charge in [-0.3, -0.25) is 4.79 Å². The normalized spacial score (nSPS) is 17.8. The first-order chi connectivity index (χ1) is 12.1. The smallest absolute Gasteiger partial charge is 0.271 e. The van der Waals surface area contributed by atoms with E-state index in [9.17, 15) is 4.79 Å². The second-order valence-electron chi connectivity index (χ2n) is 6.95. The van der Waals surface area contributed by atoms with Gasteiger partial charge in [0.15, 0.2) is 5.82 Å². The zero-order valence-electron chi connectivity index (χ0n) is 14.8. The first kappa shape index (κ1) is 15.9. The zero-order valence-corrected chi connectivity index (χ0v) is 14.8. The number of carbonyl (C=O) groups is 1. The van der Waals surface area contributed by atoms with E-state index in [2.05, 4.69) is 10.1 Å². The van der Waals surface area contributed by atoms with E-state index in [1.54, 1.807) is 0 Å². The first-order valence-electron chi connectivity index (χ1n) is 8.75. The van der Waals surface area contributed by atoms with E-state index < -0.39 is 0 Å². The molecular formula is C19H22N4O2. The van der Waals surface area contributed by atoms with Gasteiger partial charge in [-0.25, -0.2) is 0 Å². The van der Waals surface area contributed by atoms with Crippen molar-refractivity contribution in [3.8, 4) is 0 Å². The number of rotatable bonds is 3. The lowest BCUT2D eigenvalue weighted by atomic mass is 10.2. The summed E-state index contributed by atoms with van der Waals surface area (Å²) in [4.78, 5) is 19.6. The Morgan fingerprint density at radius 2 is 2.12 bits per heavy atom. The van der Waals surface area contributed by atoms with E-state index in [1.165, 1.54) is 0 Å². The van der Waals surface area contributed by atoms with E-state index in [1.807, 2.05) is 60.7 Å². The number of hydrogen-bond acceptors (Lipinski definition) is 4. The molecule has 4 rings (SSSR count). The maximum Gasteiger partial charge on any atom is 0.271 e. The van der Waals surface area contributed by atoms with Crippen LogP contribution < -0.4 is 0 Å². The molecule has 0 aliphatic carbocycles. The third-order valence-electron chi connectivity index (χ3n) is 4.93. The van der Waals surface area contributed by atoms with Crippen molar-refractivity contribution in [3.05, 3.63) is 47.7 Å². The second kappa shape index (κ2) is 6.02. The molecule has 6 nitrogen and oxygen atoms in total. The van der Waals surface area contributed by atoms with E-state index in [-0.39, 0.29) is 17.9 Å². The fourth-order valence-electron chi connectivity index (χ4n) is 3.54. The highest BCUT2D eigenvalue weighted by molar-refractivity contribution is 5.99. The molecule has 3 heterocycles. The third-order valence-corrected chi connectivity index (χ3v) is 4.93. The molecule has 6 heteroatoms. The minimum atomic E-state index is -0.109. The summed E-state index contributed by atoms with van der Waals surface area (Å²) in [7, 11) is 1.94. The number of aromatic nitrogens is 3. The molecule has 0 bridgehead atoms. The highest BCUT2D eigenvalue weighted by Crippen LogP contribution is 2.33. The molecule has 0 saturated carbocycles. The molecule has 0 spiro atoms. The van der Waals surface area contributed by atoms with E-state index in [4.69, 9.17) is 4.52 Å². The Hall–Kier alpha value is -2.63. The van der Waals surface area contributed by atoms with Crippen LogP contribution in [0.3, 0.4) is 0 Å². The van der Waals surface area contributed by atoms with Gasteiger partial charge < -0.3 is 14.0 Å². The molecule has 0 unspecified atom stereocenters. The number of amides is 1. The number of carbonyl (C=O) groups excluding carboxylic acids is 1. The zero-order chi connectivity index (χ0) is 17.6. The maximum atomic E-state index is 13.2. The highest BCUT2D eigenvalue weighted by Gasteiger charge is 2.35. The van der Waals surface area contributed by atoms with Crippen molar-refractivity contribution in [2.75, 3.05) is 6.54 Å². The number of likely N-dealkylation sites (tertiary alicyclic amines) is 1. The summed E-state index contributed by atoms with van der Waals surface area (Å²) in [6, 6.07) is 9.89. The maximum absolute atomic E-state index is 13.2. The topological polar surface area (TPSA) is 64.2 Å². The van der Waals surface area contributed by atoms with Gasteiger partial charge >= 0.3 is 0 Å².